The third kappa shape index (κ3) is 4.23. The fourth-order valence-corrected chi connectivity index (χ4v) is 1.73. The van der Waals surface area contributed by atoms with Gasteiger partial charge in [0.2, 0.25) is 0 Å². The van der Waals surface area contributed by atoms with Crippen LogP contribution in [0, 0.1) is 17.5 Å². The quantitative estimate of drug-likeness (QED) is 0.883. The van der Waals surface area contributed by atoms with Crippen LogP contribution in [0.2, 0.25) is 0 Å². The van der Waals surface area contributed by atoms with E-state index in [-0.39, 0.29) is 17.5 Å². The Bertz CT molecular complexity index is 629. The van der Waals surface area contributed by atoms with E-state index in [4.69, 9.17) is 4.74 Å². The summed E-state index contributed by atoms with van der Waals surface area (Å²) < 4.78 is 45.5. The molecular formula is C16H16F3NO. The summed E-state index contributed by atoms with van der Waals surface area (Å²) in [6, 6.07) is 7.45. The Kier molecular flexibility index (Phi) is 4.85. The lowest BCUT2D eigenvalue weighted by Crippen LogP contribution is -2.21. The van der Waals surface area contributed by atoms with Crippen LogP contribution in [-0.4, -0.2) is 6.04 Å². The van der Waals surface area contributed by atoms with Gasteiger partial charge in [0.05, 0.1) is 0 Å². The summed E-state index contributed by atoms with van der Waals surface area (Å²) in [7, 11) is 0. The minimum Gasteiger partial charge on any atom is -0.451 e. The second-order valence-corrected chi connectivity index (χ2v) is 4.98. The summed E-state index contributed by atoms with van der Waals surface area (Å²) in [5, 5.41) is 3.16. The molecule has 0 atom stereocenters. The summed E-state index contributed by atoms with van der Waals surface area (Å²) in [6.45, 7) is 4.49. The van der Waals surface area contributed by atoms with Gasteiger partial charge >= 0.3 is 0 Å². The summed E-state index contributed by atoms with van der Waals surface area (Å²) in [5.74, 6) is -2.51. The van der Waals surface area contributed by atoms with Crippen molar-refractivity contribution in [3.05, 3.63) is 59.4 Å². The number of hydrogen-bond donors (Lipinski definition) is 1. The van der Waals surface area contributed by atoms with Crippen molar-refractivity contribution in [3.8, 4) is 11.5 Å². The molecular weight excluding hydrogens is 279 g/mol. The lowest BCUT2D eigenvalue weighted by Gasteiger charge is -2.11. The van der Waals surface area contributed by atoms with Crippen LogP contribution in [0.1, 0.15) is 19.4 Å². The second-order valence-electron chi connectivity index (χ2n) is 4.98. The van der Waals surface area contributed by atoms with Crippen LogP contribution in [0.5, 0.6) is 11.5 Å². The molecule has 0 spiro atoms. The van der Waals surface area contributed by atoms with Gasteiger partial charge in [-0.05, 0) is 29.8 Å². The predicted octanol–water partition coefficient (Wildman–Crippen LogP) is 4.39. The molecule has 2 rings (SSSR count). The molecule has 0 unspecified atom stereocenters. The molecule has 0 heterocycles. The van der Waals surface area contributed by atoms with Crippen molar-refractivity contribution < 1.29 is 17.9 Å². The molecule has 0 aliphatic carbocycles. The summed E-state index contributed by atoms with van der Waals surface area (Å²) in [4.78, 5) is 0. The van der Waals surface area contributed by atoms with Gasteiger partial charge in [-0.3, -0.25) is 0 Å². The molecule has 0 radical (unpaired) electrons. The number of hydrogen-bond acceptors (Lipinski definition) is 2. The zero-order chi connectivity index (χ0) is 15.4. The van der Waals surface area contributed by atoms with Crippen LogP contribution in [0.3, 0.4) is 0 Å². The highest BCUT2D eigenvalue weighted by Gasteiger charge is 2.10. The number of halogens is 3. The van der Waals surface area contributed by atoms with Crippen molar-refractivity contribution in [1.29, 1.82) is 0 Å². The Morgan fingerprint density at radius 1 is 0.952 bits per heavy atom. The van der Waals surface area contributed by atoms with Gasteiger partial charge in [-0.15, -0.1) is 0 Å². The first-order chi connectivity index (χ1) is 9.95. The molecule has 112 valence electrons. The molecule has 0 bridgehead atoms. The zero-order valence-corrected chi connectivity index (χ0v) is 11.8. The van der Waals surface area contributed by atoms with Gasteiger partial charge in [-0.1, -0.05) is 19.9 Å². The largest absolute Gasteiger partial charge is 0.451 e. The van der Waals surface area contributed by atoms with Crippen molar-refractivity contribution in [2.45, 2.75) is 26.4 Å². The normalized spacial score (nSPS) is 11.0. The molecule has 0 saturated carbocycles. The predicted molar refractivity (Wildman–Crippen MR) is 74.8 cm³/mol. The SMILES string of the molecule is CC(C)NCc1ccc(Oc2cc(F)ccc2F)c(F)c1. The average molecular weight is 295 g/mol. The van der Waals surface area contributed by atoms with E-state index in [1.165, 1.54) is 12.1 Å². The van der Waals surface area contributed by atoms with Gasteiger partial charge in [0.25, 0.3) is 0 Å². The molecule has 2 aromatic carbocycles. The van der Waals surface area contributed by atoms with Crippen molar-refractivity contribution in [1.82, 2.24) is 5.32 Å². The van der Waals surface area contributed by atoms with Crippen LogP contribution in [0.25, 0.3) is 0 Å². The molecule has 2 aromatic rings. The lowest BCUT2D eigenvalue weighted by molar-refractivity contribution is 0.410. The molecule has 21 heavy (non-hydrogen) atoms. The first-order valence-corrected chi connectivity index (χ1v) is 6.60. The maximum atomic E-state index is 13.9. The number of rotatable bonds is 5. The van der Waals surface area contributed by atoms with E-state index >= 15 is 0 Å². The van der Waals surface area contributed by atoms with E-state index in [1.54, 1.807) is 6.07 Å². The fourth-order valence-electron chi connectivity index (χ4n) is 1.73. The standard InChI is InChI=1S/C16H16F3NO/c1-10(2)20-9-11-3-6-15(14(19)7-11)21-16-8-12(17)4-5-13(16)18/h3-8,10,20H,9H2,1-2H3. The monoisotopic (exact) mass is 295 g/mol. The maximum Gasteiger partial charge on any atom is 0.166 e. The van der Waals surface area contributed by atoms with E-state index in [1.807, 2.05) is 13.8 Å². The Morgan fingerprint density at radius 2 is 1.71 bits per heavy atom. The third-order valence-corrected chi connectivity index (χ3v) is 2.82. The highest BCUT2D eigenvalue weighted by Crippen LogP contribution is 2.27. The summed E-state index contributed by atoms with van der Waals surface area (Å²) in [5.41, 5.74) is 0.744. The van der Waals surface area contributed by atoms with Gasteiger partial charge in [0, 0.05) is 18.7 Å². The van der Waals surface area contributed by atoms with Crippen LogP contribution >= 0.6 is 0 Å². The van der Waals surface area contributed by atoms with Crippen molar-refractivity contribution in [2.24, 2.45) is 0 Å². The third-order valence-electron chi connectivity index (χ3n) is 2.82. The first kappa shape index (κ1) is 15.4. The minimum absolute atomic E-state index is 0.146. The van der Waals surface area contributed by atoms with Gasteiger partial charge < -0.3 is 10.1 Å². The van der Waals surface area contributed by atoms with E-state index in [0.717, 1.165) is 23.8 Å². The van der Waals surface area contributed by atoms with Gasteiger partial charge in [0.1, 0.15) is 5.82 Å². The van der Waals surface area contributed by atoms with Crippen LogP contribution in [-0.2, 0) is 6.54 Å². The Hall–Kier alpha value is -2.01. The highest BCUT2D eigenvalue weighted by molar-refractivity contribution is 5.35. The van der Waals surface area contributed by atoms with Crippen LogP contribution in [0.4, 0.5) is 13.2 Å². The van der Waals surface area contributed by atoms with Crippen molar-refractivity contribution in [2.75, 3.05) is 0 Å². The lowest BCUT2D eigenvalue weighted by atomic mass is 10.2. The van der Waals surface area contributed by atoms with Gasteiger partial charge in [-0.25, -0.2) is 13.2 Å². The van der Waals surface area contributed by atoms with Crippen molar-refractivity contribution in [3.63, 3.8) is 0 Å². The van der Waals surface area contributed by atoms with Crippen molar-refractivity contribution >= 4 is 0 Å². The molecule has 2 nitrogen and oxygen atoms in total. The van der Waals surface area contributed by atoms with E-state index in [2.05, 4.69) is 5.32 Å². The van der Waals surface area contributed by atoms with E-state index in [0.29, 0.717) is 6.54 Å². The maximum absolute atomic E-state index is 13.9. The summed E-state index contributed by atoms with van der Waals surface area (Å²) >= 11 is 0. The zero-order valence-electron chi connectivity index (χ0n) is 11.8. The Morgan fingerprint density at radius 3 is 2.38 bits per heavy atom. The molecule has 1 N–H and O–H groups in total. The summed E-state index contributed by atoms with van der Waals surface area (Å²) in [6.07, 6.45) is 0. The molecule has 0 aliphatic rings. The topological polar surface area (TPSA) is 21.3 Å². The van der Waals surface area contributed by atoms with Gasteiger partial charge in [-0.2, -0.15) is 0 Å². The average Bonchev–Trinajstić information content (AvgIpc) is 2.43. The molecule has 5 heteroatoms. The highest BCUT2D eigenvalue weighted by atomic mass is 19.1. The molecule has 0 fully saturated rings. The fraction of sp³-hybridized carbons (Fsp3) is 0.250. The van der Waals surface area contributed by atoms with Crippen LogP contribution < -0.4 is 10.1 Å². The number of benzene rings is 2. The molecule has 0 aromatic heterocycles. The minimum atomic E-state index is -0.749. The second kappa shape index (κ2) is 6.63. The first-order valence-electron chi connectivity index (χ1n) is 6.60. The van der Waals surface area contributed by atoms with Gasteiger partial charge in [0.15, 0.2) is 23.1 Å². The van der Waals surface area contributed by atoms with E-state index < -0.39 is 17.5 Å². The van der Waals surface area contributed by atoms with E-state index in [9.17, 15) is 13.2 Å². The number of ether oxygens (including phenoxy) is 1. The molecule has 0 amide bonds. The Labute approximate surface area is 121 Å². The number of nitrogens with one attached hydrogen (secondary N) is 1. The smallest absolute Gasteiger partial charge is 0.166 e. The molecule has 0 saturated heterocycles. The van der Waals surface area contributed by atoms with Crippen LogP contribution in [0.15, 0.2) is 36.4 Å². The molecule has 0 aliphatic heterocycles. The Balaban J connectivity index is 2.15.